The first kappa shape index (κ1) is 33.2. The first-order valence-electron chi connectivity index (χ1n) is 15.6. The van der Waals surface area contributed by atoms with Crippen LogP contribution in [0.25, 0.3) is 6.08 Å². The maximum atomic E-state index is 14.1. The van der Waals surface area contributed by atoms with Crippen LogP contribution < -0.4 is 10.6 Å². The molecule has 0 saturated heterocycles. The van der Waals surface area contributed by atoms with Crippen LogP contribution in [0.4, 0.5) is 10.7 Å². The largest absolute Gasteiger partial charge is 0.462 e. The van der Waals surface area contributed by atoms with Crippen molar-refractivity contribution in [3.05, 3.63) is 118 Å². The number of esters is 1. The lowest BCUT2D eigenvalue weighted by Crippen LogP contribution is -2.26. The molecular formula is C38H40N2O4S2. The lowest BCUT2D eigenvalue weighted by Gasteiger charge is -2.33. The lowest BCUT2D eigenvalue weighted by molar-refractivity contribution is -0.116. The number of thioether (sulfide) groups is 1. The van der Waals surface area contributed by atoms with Crippen LogP contribution in [-0.2, 0) is 27.2 Å². The first-order valence-corrected chi connectivity index (χ1v) is 17.3. The van der Waals surface area contributed by atoms with Crippen molar-refractivity contribution >= 4 is 57.6 Å². The zero-order valence-electron chi connectivity index (χ0n) is 26.7. The molecule has 1 heterocycles. The van der Waals surface area contributed by atoms with E-state index >= 15 is 0 Å². The average molecular weight is 653 g/mol. The molecule has 3 aromatic carbocycles. The number of carbonyl (C=O) groups excluding carboxylic acids is 3. The summed E-state index contributed by atoms with van der Waals surface area (Å²) in [5.41, 5.74) is 4.04. The Morgan fingerprint density at radius 1 is 0.978 bits per heavy atom. The molecule has 4 aromatic rings. The van der Waals surface area contributed by atoms with Gasteiger partial charge in [0.1, 0.15) is 10.3 Å². The van der Waals surface area contributed by atoms with E-state index in [-0.39, 0.29) is 23.8 Å². The molecule has 1 aliphatic rings. The zero-order valence-corrected chi connectivity index (χ0v) is 28.3. The second kappa shape index (κ2) is 15.0. The van der Waals surface area contributed by atoms with Crippen LogP contribution in [0.1, 0.15) is 71.3 Å². The molecular weight excluding hydrogens is 613 g/mol. The Balaban J connectivity index is 1.38. The molecule has 1 aliphatic carbocycles. The van der Waals surface area contributed by atoms with Gasteiger partial charge in [-0.15, -0.1) is 23.1 Å². The summed E-state index contributed by atoms with van der Waals surface area (Å²) in [6.45, 7) is 8.83. The Morgan fingerprint density at radius 2 is 1.70 bits per heavy atom. The maximum absolute atomic E-state index is 14.1. The number of carbonyl (C=O) groups is 3. The van der Waals surface area contributed by atoms with E-state index in [0.29, 0.717) is 22.2 Å². The highest BCUT2D eigenvalue weighted by atomic mass is 32.2. The van der Waals surface area contributed by atoms with Crippen LogP contribution in [0.15, 0.2) is 95.9 Å². The molecule has 2 unspecified atom stereocenters. The van der Waals surface area contributed by atoms with Crippen LogP contribution in [0.2, 0.25) is 0 Å². The number of thiophene rings is 1. The summed E-state index contributed by atoms with van der Waals surface area (Å²) < 4.78 is 5.47. The highest BCUT2D eigenvalue weighted by Crippen LogP contribution is 2.45. The molecule has 5 rings (SSSR count). The fourth-order valence-corrected chi connectivity index (χ4v) is 8.02. The number of benzene rings is 3. The third-order valence-corrected chi connectivity index (χ3v) is 10.5. The van der Waals surface area contributed by atoms with Gasteiger partial charge in [0.25, 0.3) is 0 Å². The van der Waals surface area contributed by atoms with Crippen LogP contribution in [0.3, 0.4) is 0 Å². The van der Waals surface area contributed by atoms with Crippen molar-refractivity contribution in [2.24, 2.45) is 11.3 Å². The number of nitrogens with one attached hydrogen (secondary N) is 2. The third-order valence-electron chi connectivity index (χ3n) is 8.13. The van der Waals surface area contributed by atoms with Gasteiger partial charge in [0.05, 0.1) is 12.2 Å². The molecule has 8 heteroatoms. The standard InChI is InChI=1S/C38H40N2O4S2/c1-5-44-37(43)33-30-21-20-27(38(2,3)4)23-31(30)46-36(33)40-35(42)34(26-15-10-7-11-16-26)45-29-18-12-17-28(24-29)39-32(41)22-19-25-13-8-6-9-14-25/h6-19,22,24,27,34H,5,20-21,23H2,1-4H3,(H,39,41)(H,40,42)/b22-19+. The van der Waals surface area contributed by atoms with Crippen molar-refractivity contribution < 1.29 is 19.1 Å². The van der Waals surface area contributed by atoms with Gasteiger partial charge in [0.2, 0.25) is 11.8 Å². The molecule has 2 amide bonds. The van der Waals surface area contributed by atoms with Crippen molar-refractivity contribution in [2.75, 3.05) is 17.2 Å². The van der Waals surface area contributed by atoms with Gasteiger partial charge in [0, 0.05) is 21.5 Å². The topological polar surface area (TPSA) is 84.5 Å². The van der Waals surface area contributed by atoms with E-state index in [2.05, 4.69) is 31.4 Å². The second-order valence-electron chi connectivity index (χ2n) is 12.4. The third kappa shape index (κ3) is 8.36. The molecule has 2 N–H and O–H groups in total. The fraction of sp³-hybridized carbons (Fsp3) is 0.289. The van der Waals surface area contributed by atoms with Crippen LogP contribution >= 0.6 is 23.1 Å². The van der Waals surface area contributed by atoms with Crippen LogP contribution in [-0.4, -0.2) is 24.4 Å². The van der Waals surface area contributed by atoms with Crippen molar-refractivity contribution in [3.63, 3.8) is 0 Å². The Bertz CT molecular complexity index is 1710. The van der Waals surface area contributed by atoms with E-state index in [0.717, 1.165) is 45.7 Å². The van der Waals surface area contributed by atoms with Crippen molar-refractivity contribution in [3.8, 4) is 0 Å². The Kier molecular flexibility index (Phi) is 10.8. The summed E-state index contributed by atoms with van der Waals surface area (Å²) in [5, 5.41) is 6.00. The number of fused-ring (bicyclic) bond motifs is 1. The predicted molar refractivity (Wildman–Crippen MR) is 189 cm³/mol. The predicted octanol–water partition coefficient (Wildman–Crippen LogP) is 9.20. The first-order chi connectivity index (χ1) is 22.1. The Hall–Kier alpha value is -4.14. The van der Waals surface area contributed by atoms with Gasteiger partial charge >= 0.3 is 5.97 Å². The zero-order chi connectivity index (χ0) is 32.7. The van der Waals surface area contributed by atoms with E-state index in [1.54, 1.807) is 13.0 Å². The number of anilines is 2. The monoisotopic (exact) mass is 652 g/mol. The number of hydrogen-bond acceptors (Lipinski definition) is 6. The van der Waals surface area contributed by atoms with Crippen molar-refractivity contribution in [1.82, 2.24) is 0 Å². The van der Waals surface area contributed by atoms with Gasteiger partial charge in [-0.3, -0.25) is 9.59 Å². The van der Waals surface area contributed by atoms with E-state index in [4.69, 9.17) is 4.74 Å². The molecule has 0 saturated carbocycles. The summed E-state index contributed by atoms with van der Waals surface area (Å²) in [5.74, 6) is -0.372. The quantitative estimate of drug-likeness (QED) is 0.101. The molecule has 0 fully saturated rings. The molecule has 238 valence electrons. The van der Waals surface area contributed by atoms with Gasteiger partial charge in [-0.05, 0) is 78.5 Å². The summed E-state index contributed by atoms with van der Waals surface area (Å²) in [7, 11) is 0. The van der Waals surface area contributed by atoms with E-state index in [1.807, 2.05) is 84.9 Å². The molecule has 0 spiro atoms. The van der Waals surface area contributed by atoms with E-state index in [9.17, 15) is 14.4 Å². The number of amides is 2. The average Bonchev–Trinajstić information content (AvgIpc) is 3.40. The minimum atomic E-state index is -0.610. The summed E-state index contributed by atoms with van der Waals surface area (Å²) in [6.07, 6.45) is 5.92. The molecule has 0 aliphatic heterocycles. The molecule has 0 radical (unpaired) electrons. The van der Waals surface area contributed by atoms with Gasteiger partial charge in [-0.1, -0.05) is 87.5 Å². The van der Waals surface area contributed by atoms with Crippen molar-refractivity contribution in [2.45, 2.75) is 57.1 Å². The lowest BCUT2D eigenvalue weighted by atomic mass is 9.72. The minimum absolute atomic E-state index is 0.149. The highest BCUT2D eigenvalue weighted by Gasteiger charge is 2.35. The van der Waals surface area contributed by atoms with Crippen molar-refractivity contribution in [1.29, 1.82) is 0 Å². The minimum Gasteiger partial charge on any atom is -0.462 e. The maximum Gasteiger partial charge on any atom is 0.341 e. The molecule has 2 atom stereocenters. The number of rotatable bonds is 10. The molecule has 46 heavy (non-hydrogen) atoms. The SMILES string of the molecule is CCOC(=O)c1c(NC(=O)C(Sc2cccc(NC(=O)/C=C/c3ccccc3)c2)c2ccccc2)sc2c1CCC(C(C)(C)C)C2. The fourth-order valence-electron chi connectivity index (χ4n) is 5.61. The van der Waals surface area contributed by atoms with E-state index < -0.39 is 11.2 Å². The van der Waals surface area contributed by atoms with Gasteiger partial charge in [-0.25, -0.2) is 4.79 Å². The van der Waals surface area contributed by atoms with Gasteiger partial charge in [0.15, 0.2) is 0 Å². The second-order valence-corrected chi connectivity index (χ2v) is 14.7. The highest BCUT2D eigenvalue weighted by molar-refractivity contribution is 8.00. The Labute approximate surface area is 279 Å². The van der Waals surface area contributed by atoms with Crippen LogP contribution in [0, 0.1) is 11.3 Å². The van der Waals surface area contributed by atoms with Gasteiger partial charge < -0.3 is 15.4 Å². The molecule has 1 aromatic heterocycles. The molecule has 6 nitrogen and oxygen atoms in total. The summed E-state index contributed by atoms with van der Waals surface area (Å²) in [4.78, 5) is 42.0. The van der Waals surface area contributed by atoms with Crippen LogP contribution in [0.5, 0.6) is 0 Å². The Morgan fingerprint density at radius 3 is 2.39 bits per heavy atom. The smallest absolute Gasteiger partial charge is 0.341 e. The number of ether oxygens (including phenoxy) is 1. The summed E-state index contributed by atoms with van der Waals surface area (Å²) >= 11 is 2.89. The normalized spacial score (nSPS) is 15.2. The molecule has 0 bridgehead atoms. The number of hydrogen-bond donors (Lipinski definition) is 2. The summed E-state index contributed by atoms with van der Waals surface area (Å²) in [6, 6.07) is 26.7. The van der Waals surface area contributed by atoms with Gasteiger partial charge in [-0.2, -0.15) is 0 Å². The van der Waals surface area contributed by atoms with E-state index in [1.165, 1.54) is 29.2 Å².